The lowest BCUT2D eigenvalue weighted by Crippen LogP contribution is -2.39. The van der Waals surface area contributed by atoms with Gasteiger partial charge < -0.3 is 21.3 Å². The average Bonchev–Trinajstić information content (AvgIpc) is 3.05. The molecule has 4 N–H and O–H groups in total. The van der Waals surface area contributed by atoms with Crippen molar-refractivity contribution < 1.29 is 18.0 Å². The van der Waals surface area contributed by atoms with Gasteiger partial charge in [-0.1, -0.05) is 12.1 Å². The predicted molar refractivity (Wildman–Crippen MR) is 133 cm³/mol. The fourth-order valence-corrected chi connectivity index (χ4v) is 4.83. The van der Waals surface area contributed by atoms with Crippen molar-refractivity contribution in [2.24, 2.45) is 4.99 Å². The summed E-state index contributed by atoms with van der Waals surface area (Å²) in [6.07, 6.45) is 1.38. The Labute approximate surface area is 201 Å². The van der Waals surface area contributed by atoms with Gasteiger partial charge in [-0.2, -0.15) is 0 Å². The van der Waals surface area contributed by atoms with Crippen LogP contribution in [0.1, 0.15) is 35.7 Å². The van der Waals surface area contributed by atoms with E-state index in [2.05, 4.69) is 26.3 Å². The molecule has 174 valence electrons. The Balaban J connectivity index is 0.00000480. The highest BCUT2D eigenvalue weighted by atomic mass is 127. The van der Waals surface area contributed by atoms with Crippen LogP contribution in [-0.4, -0.2) is 70.4 Å². The average molecular weight is 565 g/mol. The summed E-state index contributed by atoms with van der Waals surface area (Å²) in [4.78, 5) is 28.1. The van der Waals surface area contributed by atoms with Gasteiger partial charge in [0.1, 0.15) is 0 Å². The molecule has 1 aromatic rings. The minimum Gasteiger partial charge on any atom is -0.357 e. The Morgan fingerprint density at radius 1 is 1.23 bits per heavy atom. The van der Waals surface area contributed by atoms with Gasteiger partial charge in [0, 0.05) is 38.2 Å². The summed E-state index contributed by atoms with van der Waals surface area (Å²) >= 11 is 0. The second-order valence-corrected chi connectivity index (χ2v) is 9.36. The minimum atomic E-state index is -3.01. The van der Waals surface area contributed by atoms with E-state index < -0.39 is 9.84 Å². The lowest BCUT2D eigenvalue weighted by Gasteiger charge is -2.12. The summed E-state index contributed by atoms with van der Waals surface area (Å²) in [7, 11) is -1.41. The third kappa shape index (κ3) is 9.85. The second-order valence-electron chi connectivity index (χ2n) is 7.13. The molecule has 1 unspecified atom stereocenters. The maximum Gasteiger partial charge on any atom is 0.251 e. The Bertz CT molecular complexity index is 876. The second kappa shape index (κ2) is 13.5. The molecule has 2 amide bonds. The number of amides is 2. The van der Waals surface area contributed by atoms with Crippen LogP contribution in [-0.2, 0) is 21.1 Å². The first-order valence-corrected chi connectivity index (χ1v) is 12.0. The Hall–Kier alpha value is -1.89. The van der Waals surface area contributed by atoms with E-state index in [0.717, 1.165) is 5.56 Å². The minimum absolute atomic E-state index is 0. The number of carbonyl (C=O) groups is 2. The van der Waals surface area contributed by atoms with Crippen molar-refractivity contribution >= 4 is 51.6 Å². The monoisotopic (exact) mass is 565 g/mol. The maximum absolute atomic E-state index is 12.0. The van der Waals surface area contributed by atoms with Gasteiger partial charge in [0.2, 0.25) is 5.91 Å². The highest BCUT2D eigenvalue weighted by Crippen LogP contribution is 2.11. The molecule has 1 aromatic carbocycles. The molecule has 1 fully saturated rings. The summed E-state index contributed by atoms with van der Waals surface area (Å²) in [6, 6.07) is 7.16. The van der Waals surface area contributed by atoms with E-state index in [-0.39, 0.29) is 59.8 Å². The summed E-state index contributed by atoms with van der Waals surface area (Å²) in [5.74, 6) is 0.455. The van der Waals surface area contributed by atoms with Crippen LogP contribution in [0.3, 0.4) is 0 Å². The van der Waals surface area contributed by atoms with Gasteiger partial charge in [-0.3, -0.25) is 14.6 Å². The van der Waals surface area contributed by atoms with Crippen LogP contribution in [0.25, 0.3) is 0 Å². The lowest BCUT2D eigenvalue weighted by molar-refractivity contribution is -0.121. The molecule has 0 radical (unpaired) electrons. The van der Waals surface area contributed by atoms with E-state index in [0.29, 0.717) is 44.0 Å². The fourth-order valence-electron chi connectivity index (χ4n) is 3.16. The summed E-state index contributed by atoms with van der Waals surface area (Å²) in [6.45, 7) is 3.56. The number of benzene rings is 1. The van der Waals surface area contributed by atoms with Crippen molar-refractivity contribution in [2.75, 3.05) is 38.2 Å². The number of carbonyl (C=O) groups excluding carboxylic acids is 2. The van der Waals surface area contributed by atoms with Crippen molar-refractivity contribution in [1.29, 1.82) is 0 Å². The smallest absolute Gasteiger partial charge is 0.251 e. The zero-order valence-electron chi connectivity index (χ0n) is 17.9. The fraction of sp³-hybridized carbons (Fsp3) is 0.550. The van der Waals surface area contributed by atoms with Crippen molar-refractivity contribution in [1.82, 2.24) is 21.3 Å². The largest absolute Gasteiger partial charge is 0.357 e. The number of hydrogen-bond acceptors (Lipinski definition) is 5. The van der Waals surface area contributed by atoms with Gasteiger partial charge in [0.15, 0.2) is 15.8 Å². The van der Waals surface area contributed by atoms with Crippen molar-refractivity contribution in [2.45, 2.75) is 32.2 Å². The van der Waals surface area contributed by atoms with E-state index >= 15 is 0 Å². The normalized spacial score (nSPS) is 17.4. The first-order chi connectivity index (χ1) is 14.3. The standard InChI is InChI=1S/C20H31N5O4S.HI/c1-3-22-20(23-10-7-15-5-4-6-16(13-15)19(27)21-2)24-11-8-18(26)25-17-9-12-30(28,29)14-17;/h4-6,13,17H,3,7-12,14H2,1-2H3,(H,21,27)(H,25,26)(H2,22,23,24);1H. The summed E-state index contributed by atoms with van der Waals surface area (Å²) < 4.78 is 22.9. The Kier molecular flexibility index (Phi) is 11.8. The number of aliphatic imine (C=N–C) groups is 1. The quantitative estimate of drug-likeness (QED) is 0.196. The van der Waals surface area contributed by atoms with Gasteiger partial charge in [-0.05, 0) is 37.5 Å². The van der Waals surface area contributed by atoms with Crippen molar-refractivity contribution in [3.05, 3.63) is 35.4 Å². The first kappa shape index (κ1) is 27.1. The zero-order chi connectivity index (χ0) is 22.0. The van der Waals surface area contributed by atoms with E-state index in [4.69, 9.17) is 0 Å². The molecule has 1 aliphatic heterocycles. The van der Waals surface area contributed by atoms with Gasteiger partial charge in [-0.25, -0.2) is 8.42 Å². The molecular weight excluding hydrogens is 533 g/mol. The molecule has 1 atom stereocenters. The highest BCUT2D eigenvalue weighted by molar-refractivity contribution is 14.0. The van der Waals surface area contributed by atoms with Gasteiger partial charge in [-0.15, -0.1) is 24.0 Å². The molecule has 1 aliphatic rings. The SMILES string of the molecule is CCNC(=NCCC(=O)NC1CCS(=O)(=O)C1)NCCc1cccc(C(=O)NC)c1.I. The number of halogens is 1. The third-order valence-corrected chi connectivity index (χ3v) is 6.44. The van der Waals surface area contributed by atoms with E-state index in [1.165, 1.54) is 0 Å². The van der Waals surface area contributed by atoms with Crippen LogP contribution in [0.5, 0.6) is 0 Å². The van der Waals surface area contributed by atoms with Crippen LogP contribution in [0.4, 0.5) is 0 Å². The number of sulfone groups is 1. The van der Waals surface area contributed by atoms with Gasteiger partial charge >= 0.3 is 0 Å². The molecule has 31 heavy (non-hydrogen) atoms. The number of guanidine groups is 1. The lowest BCUT2D eigenvalue weighted by atomic mass is 10.1. The van der Waals surface area contributed by atoms with Crippen LogP contribution in [0.2, 0.25) is 0 Å². The van der Waals surface area contributed by atoms with E-state index in [9.17, 15) is 18.0 Å². The molecule has 2 rings (SSSR count). The van der Waals surface area contributed by atoms with Crippen LogP contribution in [0, 0.1) is 0 Å². The Morgan fingerprint density at radius 3 is 2.65 bits per heavy atom. The van der Waals surface area contributed by atoms with Gasteiger partial charge in [0.05, 0.1) is 18.1 Å². The zero-order valence-corrected chi connectivity index (χ0v) is 21.1. The molecule has 0 aliphatic carbocycles. The molecule has 11 heteroatoms. The predicted octanol–water partition coefficient (Wildman–Crippen LogP) is 0.455. The number of hydrogen-bond donors (Lipinski definition) is 4. The van der Waals surface area contributed by atoms with Crippen LogP contribution < -0.4 is 21.3 Å². The van der Waals surface area contributed by atoms with Crippen LogP contribution in [0.15, 0.2) is 29.3 Å². The van der Waals surface area contributed by atoms with Crippen LogP contribution >= 0.6 is 24.0 Å². The molecule has 0 spiro atoms. The maximum atomic E-state index is 12.0. The van der Waals surface area contributed by atoms with Gasteiger partial charge in [0.25, 0.3) is 5.91 Å². The van der Waals surface area contributed by atoms with Crippen molar-refractivity contribution in [3.63, 3.8) is 0 Å². The van der Waals surface area contributed by atoms with E-state index in [1.54, 1.807) is 13.1 Å². The third-order valence-electron chi connectivity index (χ3n) is 4.67. The molecule has 1 saturated heterocycles. The molecule has 9 nitrogen and oxygen atoms in total. The molecule has 0 bridgehead atoms. The number of nitrogens with zero attached hydrogens (tertiary/aromatic N) is 1. The van der Waals surface area contributed by atoms with Crippen molar-refractivity contribution in [3.8, 4) is 0 Å². The molecular formula is C20H32IN5O4S. The molecule has 0 aromatic heterocycles. The topological polar surface area (TPSA) is 129 Å². The number of rotatable bonds is 9. The van der Waals surface area contributed by atoms with E-state index in [1.807, 2.05) is 25.1 Å². The molecule has 1 heterocycles. The molecule has 0 saturated carbocycles. The summed E-state index contributed by atoms with van der Waals surface area (Å²) in [5.41, 5.74) is 1.65. The highest BCUT2D eigenvalue weighted by Gasteiger charge is 2.28. The number of nitrogens with one attached hydrogen (secondary N) is 4. The summed E-state index contributed by atoms with van der Waals surface area (Å²) in [5, 5.41) is 11.7. The first-order valence-electron chi connectivity index (χ1n) is 10.2. The Morgan fingerprint density at radius 2 is 2.00 bits per heavy atom.